The molecule has 0 aliphatic carbocycles. The molecule has 4 N–H and O–H groups in total. The third-order valence-electron chi connectivity index (χ3n) is 4.25. The molecule has 0 bridgehead atoms. The van der Waals surface area contributed by atoms with Gasteiger partial charge in [-0.2, -0.15) is 15.1 Å². The summed E-state index contributed by atoms with van der Waals surface area (Å²) in [7, 11) is 0. The minimum atomic E-state index is -0.303. The fourth-order valence-electron chi connectivity index (χ4n) is 2.79. The predicted molar refractivity (Wildman–Crippen MR) is 104 cm³/mol. The molecule has 1 aromatic carbocycles. The molecule has 0 aliphatic heterocycles. The quantitative estimate of drug-likeness (QED) is 0.482. The lowest BCUT2D eigenvalue weighted by atomic mass is 10.1. The van der Waals surface area contributed by atoms with Crippen LogP contribution in [0.5, 0.6) is 0 Å². The molecule has 10 heteroatoms. The number of carbonyl (C=O) groups excluding carboxylic acids is 1. The molecule has 3 aromatic heterocycles. The van der Waals surface area contributed by atoms with Crippen molar-refractivity contribution in [1.29, 1.82) is 0 Å². The molecule has 0 aliphatic rings. The molecule has 0 radical (unpaired) electrons. The molecule has 0 atom stereocenters. The van der Waals surface area contributed by atoms with E-state index in [9.17, 15) is 4.79 Å². The maximum Gasteiger partial charge on any atom is 0.256 e. The summed E-state index contributed by atoms with van der Waals surface area (Å²) in [5.74, 6) is 0.711. The third-order valence-corrected chi connectivity index (χ3v) is 4.25. The molecule has 0 saturated carbocycles. The summed E-state index contributed by atoms with van der Waals surface area (Å²) in [4.78, 5) is 21.0. The van der Waals surface area contributed by atoms with Gasteiger partial charge in [0.25, 0.3) is 5.91 Å². The summed E-state index contributed by atoms with van der Waals surface area (Å²) in [6, 6.07) is 6.88. The van der Waals surface area contributed by atoms with Gasteiger partial charge in [0.2, 0.25) is 5.95 Å². The van der Waals surface area contributed by atoms with Crippen molar-refractivity contribution in [3.63, 3.8) is 0 Å². The van der Waals surface area contributed by atoms with Gasteiger partial charge in [0.05, 0.1) is 11.6 Å². The van der Waals surface area contributed by atoms with Crippen LogP contribution in [0, 0.1) is 6.92 Å². The van der Waals surface area contributed by atoms with Crippen molar-refractivity contribution in [2.75, 3.05) is 16.4 Å². The van der Waals surface area contributed by atoms with Crippen molar-refractivity contribution in [2.45, 2.75) is 20.4 Å². The van der Waals surface area contributed by atoms with Gasteiger partial charge in [0, 0.05) is 23.9 Å². The van der Waals surface area contributed by atoms with E-state index in [0.717, 1.165) is 16.6 Å². The molecule has 3 heterocycles. The number of fused-ring (bicyclic) bond motifs is 1. The van der Waals surface area contributed by atoms with Crippen LogP contribution in [-0.2, 0) is 6.54 Å². The zero-order chi connectivity index (χ0) is 19.7. The van der Waals surface area contributed by atoms with Crippen molar-refractivity contribution < 1.29 is 9.32 Å². The van der Waals surface area contributed by atoms with E-state index >= 15 is 0 Å². The van der Waals surface area contributed by atoms with Gasteiger partial charge >= 0.3 is 0 Å². The number of anilines is 4. The van der Waals surface area contributed by atoms with Gasteiger partial charge in [-0.3, -0.25) is 4.79 Å². The summed E-state index contributed by atoms with van der Waals surface area (Å²) in [5, 5.41) is 14.6. The first-order valence-electron chi connectivity index (χ1n) is 8.63. The Morgan fingerprint density at radius 1 is 1.29 bits per heavy atom. The average Bonchev–Trinajstić information content (AvgIpc) is 3.32. The van der Waals surface area contributed by atoms with Crippen LogP contribution in [0.15, 0.2) is 41.2 Å². The second-order valence-corrected chi connectivity index (χ2v) is 6.12. The zero-order valence-corrected chi connectivity index (χ0v) is 15.3. The fraction of sp³-hybridized carbons (Fsp3) is 0.167. The minimum absolute atomic E-state index is 0.141. The number of aromatic nitrogens is 5. The Bertz CT molecular complexity index is 1150. The number of aryl methyl sites for hydroxylation is 2. The number of hydrogen-bond donors (Lipinski definition) is 3. The van der Waals surface area contributed by atoms with E-state index in [2.05, 4.69) is 30.9 Å². The van der Waals surface area contributed by atoms with Gasteiger partial charge in [0.15, 0.2) is 11.5 Å². The zero-order valence-electron chi connectivity index (χ0n) is 15.3. The Morgan fingerprint density at radius 2 is 2.14 bits per heavy atom. The van der Waals surface area contributed by atoms with Crippen molar-refractivity contribution in [1.82, 2.24) is 24.9 Å². The molecule has 0 spiro atoms. The number of nitrogen functional groups attached to an aromatic ring is 1. The molecule has 1 amide bonds. The van der Waals surface area contributed by atoms with Crippen LogP contribution in [0.4, 0.5) is 23.3 Å². The molecule has 28 heavy (non-hydrogen) atoms. The fourth-order valence-corrected chi connectivity index (χ4v) is 2.79. The topological polar surface area (TPSA) is 137 Å². The van der Waals surface area contributed by atoms with Crippen LogP contribution in [0.2, 0.25) is 0 Å². The molecule has 0 unspecified atom stereocenters. The Balaban J connectivity index is 1.68. The number of amides is 1. The normalized spacial score (nSPS) is 10.9. The molecule has 142 valence electrons. The van der Waals surface area contributed by atoms with Gasteiger partial charge in [-0.1, -0.05) is 11.2 Å². The average molecular weight is 378 g/mol. The lowest BCUT2D eigenvalue weighted by Gasteiger charge is -2.12. The molecule has 10 nitrogen and oxygen atoms in total. The second-order valence-electron chi connectivity index (χ2n) is 6.12. The van der Waals surface area contributed by atoms with Crippen molar-refractivity contribution in [2.24, 2.45) is 0 Å². The summed E-state index contributed by atoms with van der Waals surface area (Å²) in [5.41, 5.74) is 8.63. The van der Waals surface area contributed by atoms with Crippen LogP contribution in [0.3, 0.4) is 0 Å². The lowest BCUT2D eigenvalue weighted by molar-refractivity contribution is 0.102. The molecule has 0 fully saturated rings. The van der Waals surface area contributed by atoms with Crippen LogP contribution in [-0.4, -0.2) is 30.8 Å². The van der Waals surface area contributed by atoms with Crippen LogP contribution >= 0.6 is 0 Å². The van der Waals surface area contributed by atoms with Crippen molar-refractivity contribution in [3.8, 4) is 0 Å². The number of nitrogens with zero attached hydrogens (tertiary/aromatic N) is 5. The van der Waals surface area contributed by atoms with E-state index in [-0.39, 0.29) is 11.9 Å². The first-order valence-corrected chi connectivity index (χ1v) is 8.63. The van der Waals surface area contributed by atoms with Gasteiger partial charge in [0.1, 0.15) is 12.1 Å². The lowest BCUT2D eigenvalue weighted by Crippen LogP contribution is -2.12. The molecular weight excluding hydrogens is 360 g/mol. The first kappa shape index (κ1) is 17.5. The van der Waals surface area contributed by atoms with Crippen LogP contribution < -0.4 is 16.4 Å². The molecule has 4 rings (SSSR count). The Kier molecular flexibility index (Phi) is 4.36. The highest BCUT2D eigenvalue weighted by Crippen LogP contribution is 2.27. The summed E-state index contributed by atoms with van der Waals surface area (Å²) in [6.45, 7) is 4.56. The number of nitrogens with one attached hydrogen (secondary N) is 2. The van der Waals surface area contributed by atoms with Crippen molar-refractivity contribution >= 4 is 40.2 Å². The van der Waals surface area contributed by atoms with Gasteiger partial charge in [-0.05, 0) is 31.5 Å². The smallest absolute Gasteiger partial charge is 0.256 e. The molecular formula is C18H18N8O2. The maximum absolute atomic E-state index is 12.5. The first-order chi connectivity index (χ1) is 13.5. The summed E-state index contributed by atoms with van der Waals surface area (Å²) < 4.78 is 6.47. The number of hydrogen-bond acceptors (Lipinski definition) is 8. The van der Waals surface area contributed by atoms with Gasteiger partial charge in [-0.15, -0.1) is 0 Å². The Labute approximate surface area is 159 Å². The van der Waals surface area contributed by atoms with Crippen LogP contribution in [0.25, 0.3) is 11.0 Å². The largest absolute Gasteiger partial charge is 0.368 e. The Morgan fingerprint density at radius 3 is 2.89 bits per heavy atom. The van der Waals surface area contributed by atoms with E-state index in [0.29, 0.717) is 29.4 Å². The number of carbonyl (C=O) groups is 1. The molecule has 0 saturated heterocycles. The van der Waals surface area contributed by atoms with E-state index in [1.807, 2.05) is 19.9 Å². The highest BCUT2D eigenvalue weighted by Gasteiger charge is 2.14. The monoisotopic (exact) mass is 378 g/mol. The number of rotatable bonds is 5. The van der Waals surface area contributed by atoms with Crippen LogP contribution in [0.1, 0.15) is 22.8 Å². The predicted octanol–water partition coefficient (Wildman–Crippen LogP) is 2.72. The minimum Gasteiger partial charge on any atom is -0.368 e. The van der Waals surface area contributed by atoms with E-state index in [4.69, 9.17) is 10.3 Å². The standard InChI is InChI=1S/C18H18N8O2/c1-3-26-16-12(9-20-26)15(23-18(19)24-16)21-13-8-11(5-4-10(13)2)17(27)22-14-6-7-28-25-14/h4-9H,3H2,1-2H3,(H,22,25,27)(H3,19,21,23,24). The Hall–Kier alpha value is -3.95. The van der Waals surface area contributed by atoms with E-state index in [1.165, 1.54) is 6.26 Å². The maximum atomic E-state index is 12.5. The molecule has 4 aromatic rings. The summed E-state index contributed by atoms with van der Waals surface area (Å²) >= 11 is 0. The number of benzene rings is 1. The van der Waals surface area contributed by atoms with Crippen molar-refractivity contribution in [3.05, 3.63) is 47.9 Å². The SMILES string of the molecule is CCn1ncc2c(Nc3cc(C(=O)Nc4ccon4)ccc3C)nc(N)nc21. The second kappa shape index (κ2) is 6.99. The summed E-state index contributed by atoms with van der Waals surface area (Å²) in [6.07, 6.45) is 3.08. The van der Waals surface area contributed by atoms with Gasteiger partial charge in [-0.25, -0.2) is 4.68 Å². The third kappa shape index (κ3) is 3.22. The van der Waals surface area contributed by atoms with E-state index < -0.39 is 0 Å². The number of nitrogens with two attached hydrogens (primary N) is 1. The van der Waals surface area contributed by atoms with E-state index in [1.54, 1.807) is 29.1 Å². The van der Waals surface area contributed by atoms with Gasteiger partial charge < -0.3 is 20.9 Å². The highest BCUT2D eigenvalue weighted by atomic mass is 16.5. The highest BCUT2D eigenvalue weighted by molar-refractivity contribution is 6.04.